The molecule has 192 valence electrons. The van der Waals surface area contributed by atoms with Crippen molar-refractivity contribution in [2.75, 3.05) is 18.5 Å². The third kappa shape index (κ3) is 6.47. The van der Waals surface area contributed by atoms with E-state index in [0.717, 1.165) is 5.39 Å². The Morgan fingerprint density at radius 3 is 2.70 bits per heavy atom. The number of para-hydroxylation sites is 1. The quantitative estimate of drug-likeness (QED) is 0.238. The van der Waals surface area contributed by atoms with Crippen molar-refractivity contribution in [1.82, 2.24) is 9.88 Å². The number of carboxylic acid groups (broad SMARTS) is 1. The number of amides is 1. The number of carbonyl (C=O) groups excluding carboxylic acids is 1. The number of anilines is 1. The number of nitriles is 1. The molecule has 0 bridgehead atoms. The Labute approximate surface area is 223 Å². The van der Waals surface area contributed by atoms with E-state index in [4.69, 9.17) is 10.00 Å². The van der Waals surface area contributed by atoms with E-state index in [1.165, 1.54) is 23.1 Å². The lowest BCUT2D eigenvalue weighted by atomic mass is 10.1. The van der Waals surface area contributed by atoms with Crippen LogP contribution in [0.5, 0.6) is 5.75 Å². The number of carbonyl (C=O) groups is 2. The number of aliphatic hydroxyl groups excluding tert-OH is 1. The van der Waals surface area contributed by atoms with Gasteiger partial charge < -0.3 is 30.2 Å². The standard InChI is InChI=1S/C26H24N4O5S.ClH/c1-30-22(25(32)29-21-8-7-16(12-27)10-20(21)26(33)34)11-17-4-2-6-23(24(17)30)35-15-18(31)13-28-14-19-5-3-9-36-19;/h2-11,18,28,31H,13-15H2,1H3,(H,29,32)(H,33,34);1H. The van der Waals surface area contributed by atoms with E-state index in [2.05, 4.69) is 10.6 Å². The maximum Gasteiger partial charge on any atom is 0.337 e. The minimum absolute atomic E-state index is 0. The van der Waals surface area contributed by atoms with Crippen molar-refractivity contribution < 1.29 is 24.5 Å². The SMILES string of the molecule is Cl.Cn1c(C(=O)Nc2ccc(C#N)cc2C(=O)O)cc2cccc(OCC(O)CNCc3cccs3)c21. The third-order valence-corrected chi connectivity index (χ3v) is 6.45. The van der Waals surface area contributed by atoms with Crippen LogP contribution in [0.2, 0.25) is 0 Å². The van der Waals surface area contributed by atoms with E-state index < -0.39 is 18.0 Å². The Morgan fingerprint density at radius 2 is 2.00 bits per heavy atom. The second kappa shape index (κ2) is 12.4. The highest BCUT2D eigenvalue weighted by Crippen LogP contribution is 2.29. The molecule has 0 aliphatic carbocycles. The smallest absolute Gasteiger partial charge is 0.337 e. The summed E-state index contributed by atoms with van der Waals surface area (Å²) in [6, 6.07) is 17.0. The number of nitrogens with zero attached hydrogens (tertiary/aromatic N) is 2. The molecule has 9 nitrogen and oxygen atoms in total. The summed E-state index contributed by atoms with van der Waals surface area (Å²) in [5.41, 5.74) is 1.05. The molecule has 0 radical (unpaired) electrons. The molecule has 0 saturated heterocycles. The summed E-state index contributed by atoms with van der Waals surface area (Å²) >= 11 is 1.64. The first-order chi connectivity index (χ1) is 17.4. The van der Waals surface area contributed by atoms with E-state index in [1.807, 2.05) is 29.6 Å². The van der Waals surface area contributed by atoms with Crippen molar-refractivity contribution in [2.24, 2.45) is 7.05 Å². The topological polar surface area (TPSA) is 137 Å². The lowest BCUT2D eigenvalue weighted by Crippen LogP contribution is -2.31. The van der Waals surface area contributed by atoms with Gasteiger partial charge in [-0.25, -0.2) is 4.79 Å². The molecule has 0 aliphatic heterocycles. The van der Waals surface area contributed by atoms with Crippen LogP contribution in [0, 0.1) is 11.3 Å². The Morgan fingerprint density at radius 1 is 1.19 bits per heavy atom. The van der Waals surface area contributed by atoms with Crippen LogP contribution in [0.1, 0.15) is 31.3 Å². The molecule has 37 heavy (non-hydrogen) atoms. The van der Waals surface area contributed by atoms with Crippen LogP contribution in [0.15, 0.2) is 60.0 Å². The maximum atomic E-state index is 13.0. The second-order valence-corrected chi connectivity index (χ2v) is 9.12. The molecule has 4 rings (SSSR count). The maximum absolute atomic E-state index is 13.0. The zero-order valence-corrected chi connectivity index (χ0v) is 21.4. The van der Waals surface area contributed by atoms with Gasteiger partial charge in [-0.2, -0.15) is 5.26 Å². The number of fused-ring (bicyclic) bond motifs is 1. The predicted octanol–water partition coefficient (Wildman–Crippen LogP) is 4.01. The van der Waals surface area contributed by atoms with Gasteiger partial charge in [0.05, 0.1) is 28.4 Å². The fraction of sp³-hybridized carbons (Fsp3) is 0.192. The summed E-state index contributed by atoms with van der Waals surface area (Å²) in [6.45, 7) is 1.10. The number of nitrogens with one attached hydrogen (secondary N) is 2. The molecule has 0 fully saturated rings. The zero-order chi connectivity index (χ0) is 25.7. The highest BCUT2D eigenvalue weighted by atomic mass is 35.5. The number of benzene rings is 2. The van der Waals surface area contributed by atoms with E-state index in [-0.39, 0.29) is 35.8 Å². The fourth-order valence-electron chi connectivity index (χ4n) is 3.82. The Bertz CT molecular complexity index is 1450. The lowest BCUT2D eigenvalue weighted by molar-refractivity contribution is 0.0698. The van der Waals surface area contributed by atoms with Crippen LogP contribution in [0.3, 0.4) is 0 Å². The van der Waals surface area contributed by atoms with Gasteiger partial charge in [-0.1, -0.05) is 18.2 Å². The molecule has 4 N–H and O–H groups in total. The van der Waals surface area contributed by atoms with Gasteiger partial charge in [0.2, 0.25) is 0 Å². The Hall–Kier alpha value is -3.88. The summed E-state index contributed by atoms with van der Waals surface area (Å²) in [4.78, 5) is 25.8. The van der Waals surface area contributed by atoms with Gasteiger partial charge in [0.15, 0.2) is 0 Å². The molecule has 0 spiro atoms. The van der Waals surface area contributed by atoms with E-state index in [9.17, 15) is 19.8 Å². The molecule has 2 aromatic heterocycles. The van der Waals surface area contributed by atoms with Crippen LogP contribution in [0.4, 0.5) is 5.69 Å². The number of hydrogen-bond donors (Lipinski definition) is 4. The molecule has 4 aromatic rings. The summed E-state index contributed by atoms with van der Waals surface area (Å²) in [5, 5.41) is 37.4. The molecular formula is C26H25ClN4O5S. The number of aliphatic hydroxyl groups is 1. The number of hydrogen-bond acceptors (Lipinski definition) is 7. The monoisotopic (exact) mass is 540 g/mol. The summed E-state index contributed by atoms with van der Waals surface area (Å²) in [6.07, 6.45) is -0.728. The van der Waals surface area contributed by atoms with Gasteiger partial charge in [0.25, 0.3) is 5.91 Å². The highest BCUT2D eigenvalue weighted by molar-refractivity contribution is 7.09. The molecule has 1 atom stereocenters. The molecule has 1 unspecified atom stereocenters. The Balaban J connectivity index is 0.00000380. The van der Waals surface area contributed by atoms with E-state index in [0.29, 0.717) is 30.0 Å². The number of carboxylic acids is 1. The van der Waals surface area contributed by atoms with Crippen LogP contribution >= 0.6 is 23.7 Å². The van der Waals surface area contributed by atoms with E-state index in [1.54, 1.807) is 41.2 Å². The predicted molar refractivity (Wildman–Crippen MR) is 144 cm³/mol. The molecule has 11 heteroatoms. The van der Waals surface area contributed by atoms with Gasteiger partial charge in [-0.15, -0.1) is 23.7 Å². The zero-order valence-electron chi connectivity index (χ0n) is 19.8. The van der Waals surface area contributed by atoms with Crippen molar-refractivity contribution in [3.8, 4) is 11.8 Å². The fourth-order valence-corrected chi connectivity index (χ4v) is 4.49. The molecule has 2 heterocycles. The first-order valence-electron chi connectivity index (χ1n) is 11.1. The van der Waals surface area contributed by atoms with Crippen molar-refractivity contribution >= 4 is 52.2 Å². The van der Waals surface area contributed by atoms with Crippen molar-refractivity contribution in [3.05, 3.63) is 81.7 Å². The van der Waals surface area contributed by atoms with Crippen molar-refractivity contribution in [1.29, 1.82) is 5.26 Å². The highest BCUT2D eigenvalue weighted by Gasteiger charge is 2.19. The normalized spacial score (nSPS) is 11.4. The number of thiophene rings is 1. The first kappa shape index (κ1) is 27.7. The van der Waals surface area contributed by atoms with Gasteiger partial charge in [-0.05, 0) is 41.8 Å². The minimum Gasteiger partial charge on any atom is -0.489 e. The largest absolute Gasteiger partial charge is 0.489 e. The number of rotatable bonds is 10. The number of ether oxygens (including phenoxy) is 1. The van der Waals surface area contributed by atoms with Crippen molar-refractivity contribution in [2.45, 2.75) is 12.6 Å². The summed E-state index contributed by atoms with van der Waals surface area (Å²) in [7, 11) is 1.71. The van der Waals surface area contributed by atoms with Gasteiger partial charge in [0, 0.05) is 30.4 Å². The van der Waals surface area contributed by atoms with E-state index >= 15 is 0 Å². The number of aromatic carboxylic acids is 1. The van der Waals surface area contributed by atoms with Gasteiger partial charge >= 0.3 is 5.97 Å². The molecule has 1 amide bonds. The minimum atomic E-state index is -1.25. The third-order valence-electron chi connectivity index (χ3n) is 5.57. The van der Waals surface area contributed by atoms with Crippen molar-refractivity contribution in [3.63, 3.8) is 0 Å². The average Bonchev–Trinajstić information content (AvgIpc) is 3.51. The Kier molecular flexibility index (Phi) is 9.27. The second-order valence-electron chi connectivity index (χ2n) is 8.09. The average molecular weight is 541 g/mol. The van der Waals surface area contributed by atoms with Crippen LogP contribution in [-0.2, 0) is 13.6 Å². The molecular weight excluding hydrogens is 516 g/mol. The number of halogens is 1. The summed E-state index contributed by atoms with van der Waals surface area (Å²) in [5.74, 6) is -1.25. The number of aryl methyl sites for hydroxylation is 1. The van der Waals surface area contributed by atoms with Gasteiger partial charge in [0.1, 0.15) is 24.2 Å². The lowest BCUT2D eigenvalue weighted by Gasteiger charge is -2.15. The molecule has 2 aromatic carbocycles. The van der Waals surface area contributed by atoms with Crippen LogP contribution in [0.25, 0.3) is 10.9 Å². The molecule has 0 saturated carbocycles. The van der Waals surface area contributed by atoms with Gasteiger partial charge in [-0.3, -0.25) is 4.79 Å². The summed E-state index contributed by atoms with van der Waals surface area (Å²) < 4.78 is 7.55. The van der Waals surface area contributed by atoms with Crippen LogP contribution in [-0.4, -0.2) is 45.9 Å². The molecule has 0 aliphatic rings. The number of aromatic nitrogens is 1. The van der Waals surface area contributed by atoms with Crippen LogP contribution < -0.4 is 15.4 Å². The first-order valence-corrected chi connectivity index (χ1v) is 12.0.